The summed E-state index contributed by atoms with van der Waals surface area (Å²) in [6.07, 6.45) is 3.60. The minimum atomic E-state index is 0.619. The molecule has 1 aromatic heterocycles. The summed E-state index contributed by atoms with van der Waals surface area (Å²) in [6.45, 7) is 2.02. The number of hydrogen-bond acceptors (Lipinski definition) is 3. The molecule has 90 valence electrons. The van der Waals surface area contributed by atoms with Gasteiger partial charge in [0.2, 0.25) is 0 Å². The van der Waals surface area contributed by atoms with E-state index in [9.17, 15) is 0 Å². The van der Waals surface area contributed by atoms with E-state index < -0.39 is 0 Å². The van der Waals surface area contributed by atoms with Gasteiger partial charge >= 0.3 is 0 Å². The molecule has 2 rings (SSSR count). The van der Waals surface area contributed by atoms with Crippen molar-refractivity contribution in [3.63, 3.8) is 0 Å². The maximum absolute atomic E-state index is 5.59. The van der Waals surface area contributed by atoms with Gasteiger partial charge in [-0.15, -0.1) is 0 Å². The fourth-order valence-electron chi connectivity index (χ4n) is 1.58. The molecule has 0 amide bonds. The minimum Gasteiger partial charge on any atom is -0.468 e. The molecule has 0 aliphatic rings. The fourth-order valence-corrected chi connectivity index (χ4v) is 1.58. The molecule has 1 aromatic carbocycles. The average Bonchev–Trinajstić information content (AvgIpc) is 2.83. The monoisotopic (exact) mass is 232 g/mol. The van der Waals surface area contributed by atoms with E-state index in [0.29, 0.717) is 19.2 Å². The number of benzene rings is 1. The van der Waals surface area contributed by atoms with Gasteiger partial charge in [-0.25, -0.2) is 4.98 Å². The van der Waals surface area contributed by atoms with Crippen LogP contribution in [0.15, 0.2) is 42.7 Å². The zero-order valence-corrected chi connectivity index (χ0v) is 9.87. The Hall–Kier alpha value is -1.81. The summed E-state index contributed by atoms with van der Waals surface area (Å²) in [5.74, 6) is 0. The third kappa shape index (κ3) is 3.32. The highest BCUT2D eigenvalue weighted by Crippen LogP contribution is 2.06. The molecule has 4 nitrogen and oxygen atoms in total. The molecule has 0 radical (unpaired) electrons. The van der Waals surface area contributed by atoms with Crippen LogP contribution in [0.3, 0.4) is 0 Å². The minimum absolute atomic E-state index is 0.619. The maximum Gasteiger partial charge on any atom is 0.296 e. The Morgan fingerprint density at radius 1 is 1.24 bits per heavy atom. The molecule has 0 unspecified atom stereocenters. The van der Waals surface area contributed by atoms with Crippen LogP contribution in [0.4, 0.5) is 0 Å². The van der Waals surface area contributed by atoms with Gasteiger partial charge in [0.05, 0.1) is 26.9 Å². The van der Waals surface area contributed by atoms with E-state index in [4.69, 9.17) is 9.47 Å². The van der Waals surface area contributed by atoms with E-state index in [0.717, 1.165) is 6.54 Å². The lowest BCUT2D eigenvalue weighted by Gasteiger charge is -2.07. The predicted molar refractivity (Wildman–Crippen MR) is 64.9 cm³/mol. The van der Waals surface area contributed by atoms with Crippen LogP contribution in [-0.4, -0.2) is 23.3 Å². The molecule has 0 N–H and O–H groups in total. The number of imidazole rings is 1. The molecule has 0 aliphatic carbocycles. The third-order valence-electron chi connectivity index (χ3n) is 2.45. The lowest BCUT2D eigenvalue weighted by molar-refractivity contribution is 0.111. The van der Waals surface area contributed by atoms with Gasteiger partial charge in [0.25, 0.3) is 6.01 Å². The molecule has 0 saturated carbocycles. The van der Waals surface area contributed by atoms with Crippen LogP contribution in [-0.2, 0) is 17.9 Å². The Kier molecular flexibility index (Phi) is 4.16. The van der Waals surface area contributed by atoms with Gasteiger partial charge in [0.1, 0.15) is 0 Å². The van der Waals surface area contributed by atoms with Crippen molar-refractivity contribution in [1.82, 2.24) is 9.55 Å². The summed E-state index contributed by atoms with van der Waals surface area (Å²) in [5, 5.41) is 0. The molecule has 0 spiro atoms. The first kappa shape index (κ1) is 11.7. The van der Waals surface area contributed by atoms with Crippen LogP contribution < -0.4 is 4.74 Å². The lowest BCUT2D eigenvalue weighted by atomic mass is 10.2. The number of ether oxygens (including phenoxy) is 2. The van der Waals surface area contributed by atoms with Crippen LogP contribution in [0.1, 0.15) is 5.56 Å². The van der Waals surface area contributed by atoms with Crippen molar-refractivity contribution in [2.24, 2.45) is 0 Å². The van der Waals surface area contributed by atoms with Crippen molar-refractivity contribution in [3.8, 4) is 6.01 Å². The van der Waals surface area contributed by atoms with Gasteiger partial charge in [0, 0.05) is 12.4 Å². The largest absolute Gasteiger partial charge is 0.468 e. The van der Waals surface area contributed by atoms with Crippen LogP contribution in [0.25, 0.3) is 0 Å². The topological polar surface area (TPSA) is 36.3 Å². The van der Waals surface area contributed by atoms with E-state index >= 15 is 0 Å². The van der Waals surface area contributed by atoms with Crippen LogP contribution in [0.2, 0.25) is 0 Å². The van der Waals surface area contributed by atoms with Crippen molar-refractivity contribution >= 4 is 0 Å². The highest BCUT2D eigenvalue weighted by Gasteiger charge is 2.01. The smallest absolute Gasteiger partial charge is 0.296 e. The van der Waals surface area contributed by atoms with E-state index in [1.807, 2.05) is 29.0 Å². The second-order valence-electron chi connectivity index (χ2n) is 3.65. The van der Waals surface area contributed by atoms with Crippen molar-refractivity contribution < 1.29 is 9.47 Å². The first-order valence-corrected chi connectivity index (χ1v) is 5.57. The summed E-state index contributed by atoms with van der Waals surface area (Å²) in [7, 11) is 1.61. The fraction of sp³-hybridized carbons (Fsp3) is 0.308. The quantitative estimate of drug-likeness (QED) is 0.716. The molecule has 0 bridgehead atoms. The van der Waals surface area contributed by atoms with Crippen molar-refractivity contribution in [1.29, 1.82) is 0 Å². The van der Waals surface area contributed by atoms with Crippen LogP contribution in [0, 0.1) is 0 Å². The standard InChI is InChI=1S/C13H16N2O2/c1-16-13-14-7-8-15(13)9-10-17-11-12-5-3-2-4-6-12/h2-8H,9-11H2,1H3. The summed E-state index contributed by atoms with van der Waals surface area (Å²) in [5.41, 5.74) is 1.19. The Labute approximate surface area is 101 Å². The Morgan fingerprint density at radius 2 is 2.06 bits per heavy atom. The zero-order chi connectivity index (χ0) is 11.9. The Bertz CT molecular complexity index is 440. The maximum atomic E-state index is 5.59. The second-order valence-corrected chi connectivity index (χ2v) is 3.65. The molecule has 2 aromatic rings. The number of methoxy groups -OCH3 is 1. The van der Waals surface area contributed by atoms with Gasteiger partial charge in [-0.3, -0.25) is 4.57 Å². The van der Waals surface area contributed by atoms with Crippen LogP contribution >= 0.6 is 0 Å². The zero-order valence-electron chi connectivity index (χ0n) is 9.87. The second kappa shape index (κ2) is 6.06. The SMILES string of the molecule is COc1nccn1CCOCc1ccccc1. The van der Waals surface area contributed by atoms with Crippen molar-refractivity contribution in [3.05, 3.63) is 48.3 Å². The van der Waals surface area contributed by atoms with Gasteiger partial charge in [0.15, 0.2) is 0 Å². The van der Waals surface area contributed by atoms with Gasteiger partial charge in [-0.05, 0) is 5.56 Å². The summed E-state index contributed by atoms with van der Waals surface area (Å²) < 4.78 is 12.6. The molecule has 0 fully saturated rings. The van der Waals surface area contributed by atoms with Crippen molar-refractivity contribution in [2.75, 3.05) is 13.7 Å². The lowest BCUT2D eigenvalue weighted by Crippen LogP contribution is -2.06. The van der Waals surface area contributed by atoms with Gasteiger partial charge in [-0.2, -0.15) is 0 Å². The van der Waals surface area contributed by atoms with Gasteiger partial charge < -0.3 is 9.47 Å². The Morgan fingerprint density at radius 3 is 2.82 bits per heavy atom. The highest BCUT2D eigenvalue weighted by atomic mass is 16.5. The molecule has 4 heteroatoms. The first-order valence-electron chi connectivity index (χ1n) is 5.57. The summed E-state index contributed by atoms with van der Waals surface area (Å²) >= 11 is 0. The van der Waals surface area contributed by atoms with E-state index in [2.05, 4.69) is 17.1 Å². The molecule has 0 atom stereocenters. The van der Waals surface area contributed by atoms with Gasteiger partial charge in [-0.1, -0.05) is 30.3 Å². The molecule has 17 heavy (non-hydrogen) atoms. The highest BCUT2D eigenvalue weighted by molar-refractivity contribution is 5.13. The number of hydrogen-bond donors (Lipinski definition) is 0. The Balaban J connectivity index is 1.73. The molecular formula is C13H16N2O2. The van der Waals surface area contributed by atoms with Crippen LogP contribution in [0.5, 0.6) is 6.01 Å². The number of nitrogens with zero attached hydrogens (tertiary/aromatic N) is 2. The van der Waals surface area contributed by atoms with E-state index in [1.54, 1.807) is 13.3 Å². The number of rotatable bonds is 6. The molecule has 0 aliphatic heterocycles. The van der Waals surface area contributed by atoms with E-state index in [1.165, 1.54) is 5.56 Å². The average molecular weight is 232 g/mol. The molecule has 0 saturated heterocycles. The summed E-state index contributed by atoms with van der Waals surface area (Å²) in [6, 6.07) is 10.7. The normalized spacial score (nSPS) is 10.4. The third-order valence-corrected chi connectivity index (χ3v) is 2.45. The summed E-state index contributed by atoms with van der Waals surface area (Å²) in [4.78, 5) is 4.06. The van der Waals surface area contributed by atoms with E-state index in [-0.39, 0.29) is 0 Å². The number of aromatic nitrogens is 2. The molecular weight excluding hydrogens is 216 g/mol. The predicted octanol–water partition coefficient (Wildman–Crippen LogP) is 2.11. The van der Waals surface area contributed by atoms with Crippen molar-refractivity contribution in [2.45, 2.75) is 13.2 Å². The molecule has 1 heterocycles. The first-order chi connectivity index (χ1) is 8.40.